The van der Waals surface area contributed by atoms with Crippen LogP contribution in [0.25, 0.3) is 22.5 Å². The van der Waals surface area contributed by atoms with Crippen molar-refractivity contribution in [1.82, 2.24) is 35.0 Å². The van der Waals surface area contributed by atoms with Crippen LogP contribution in [-0.2, 0) is 6.54 Å². The average Bonchev–Trinajstić information content (AvgIpc) is 3.54. The highest BCUT2D eigenvalue weighted by atomic mass is 16.2. The molecule has 1 N–H and O–H groups in total. The van der Waals surface area contributed by atoms with Gasteiger partial charge in [0.1, 0.15) is 5.82 Å². The molecule has 1 aliphatic rings. The Bertz CT molecular complexity index is 1380. The van der Waals surface area contributed by atoms with Gasteiger partial charge in [0.15, 0.2) is 0 Å². The number of benzene rings is 2. The van der Waals surface area contributed by atoms with Gasteiger partial charge in [-0.15, -0.1) is 20.0 Å². The summed E-state index contributed by atoms with van der Waals surface area (Å²) in [5, 5.41) is 18.9. The number of carbonyl (C=O) groups is 1. The Morgan fingerprint density at radius 1 is 1.03 bits per heavy atom. The van der Waals surface area contributed by atoms with Gasteiger partial charge >= 0.3 is 5.69 Å². The van der Waals surface area contributed by atoms with E-state index in [1.54, 1.807) is 4.57 Å². The molecule has 0 aliphatic heterocycles. The Balaban J connectivity index is 1.39. The molecule has 2 aromatic carbocycles. The van der Waals surface area contributed by atoms with E-state index in [4.69, 9.17) is 0 Å². The molecule has 1 aliphatic carbocycles. The first kappa shape index (κ1) is 23.8. The molecule has 2 aromatic heterocycles. The van der Waals surface area contributed by atoms with Crippen molar-refractivity contribution >= 4 is 5.91 Å². The molecule has 36 heavy (non-hydrogen) atoms. The molecule has 0 radical (unpaired) electrons. The van der Waals surface area contributed by atoms with Gasteiger partial charge in [-0.1, -0.05) is 81.6 Å². The molecule has 0 atom stereocenters. The lowest BCUT2D eigenvalue weighted by Crippen LogP contribution is -2.31. The second kappa shape index (κ2) is 10.4. The van der Waals surface area contributed by atoms with Crippen LogP contribution in [0.2, 0.25) is 0 Å². The largest absolute Gasteiger partial charge is 0.353 e. The van der Waals surface area contributed by atoms with E-state index in [0.29, 0.717) is 30.5 Å². The average molecular weight is 486 g/mol. The SMILES string of the molecule is CC(C)c1nn(C(=O)CC2CCCCC2)c(=O)n1Cc1ccc(-c2ccccc2-c2nn[nH]n2)cc1. The third-order valence-electron chi connectivity index (χ3n) is 6.95. The number of nitrogens with one attached hydrogen (secondary N) is 1. The second-order valence-corrected chi connectivity index (χ2v) is 9.87. The lowest BCUT2D eigenvalue weighted by Gasteiger charge is -2.20. The number of carbonyl (C=O) groups excluding carboxylic acids is 1. The zero-order valence-corrected chi connectivity index (χ0v) is 20.7. The van der Waals surface area contributed by atoms with Crippen molar-refractivity contribution in [2.75, 3.05) is 0 Å². The summed E-state index contributed by atoms with van der Waals surface area (Å²) < 4.78 is 2.73. The third-order valence-corrected chi connectivity index (χ3v) is 6.95. The number of aromatic amines is 1. The third kappa shape index (κ3) is 4.91. The van der Waals surface area contributed by atoms with E-state index in [1.165, 1.54) is 6.42 Å². The van der Waals surface area contributed by atoms with E-state index in [9.17, 15) is 9.59 Å². The van der Waals surface area contributed by atoms with E-state index >= 15 is 0 Å². The summed E-state index contributed by atoms with van der Waals surface area (Å²) in [5.41, 5.74) is 3.49. The maximum absolute atomic E-state index is 13.3. The van der Waals surface area contributed by atoms with Crippen molar-refractivity contribution in [3.8, 4) is 22.5 Å². The first-order valence-electron chi connectivity index (χ1n) is 12.7. The van der Waals surface area contributed by atoms with Crippen LogP contribution in [0.5, 0.6) is 0 Å². The Morgan fingerprint density at radius 2 is 1.75 bits per heavy atom. The first-order chi connectivity index (χ1) is 17.5. The highest BCUT2D eigenvalue weighted by Crippen LogP contribution is 2.30. The summed E-state index contributed by atoms with van der Waals surface area (Å²) in [5.74, 6) is 1.34. The molecule has 0 amide bonds. The number of hydrogen-bond acceptors (Lipinski definition) is 6. The van der Waals surface area contributed by atoms with Crippen molar-refractivity contribution in [2.24, 2.45) is 5.92 Å². The zero-order valence-electron chi connectivity index (χ0n) is 20.7. The molecule has 0 saturated heterocycles. The van der Waals surface area contributed by atoms with E-state index in [-0.39, 0.29) is 17.5 Å². The van der Waals surface area contributed by atoms with Crippen LogP contribution in [-0.4, -0.2) is 40.9 Å². The van der Waals surface area contributed by atoms with Crippen molar-refractivity contribution < 1.29 is 4.79 Å². The Labute approximate surface area is 209 Å². The molecular weight excluding hydrogens is 454 g/mol. The van der Waals surface area contributed by atoms with Gasteiger partial charge in [0, 0.05) is 17.9 Å². The molecule has 0 spiro atoms. The molecule has 1 fully saturated rings. The lowest BCUT2D eigenvalue weighted by atomic mass is 9.87. The second-order valence-electron chi connectivity index (χ2n) is 9.87. The Hall–Kier alpha value is -3.88. The van der Waals surface area contributed by atoms with Gasteiger partial charge in [-0.05, 0) is 40.7 Å². The summed E-state index contributed by atoms with van der Waals surface area (Å²) in [6.07, 6.45) is 6.06. The molecule has 0 bridgehead atoms. The van der Waals surface area contributed by atoms with Gasteiger partial charge in [-0.3, -0.25) is 9.36 Å². The molecule has 5 rings (SSSR count). The number of nitrogens with zero attached hydrogens (tertiary/aromatic N) is 6. The van der Waals surface area contributed by atoms with Crippen LogP contribution < -0.4 is 5.69 Å². The molecule has 186 valence electrons. The molecule has 0 unspecified atom stereocenters. The normalized spacial score (nSPS) is 14.4. The monoisotopic (exact) mass is 485 g/mol. The summed E-state index contributed by atoms with van der Waals surface area (Å²) in [6.45, 7) is 4.34. The van der Waals surface area contributed by atoms with Crippen LogP contribution in [0, 0.1) is 5.92 Å². The van der Waals surface area contributed by atoms with Gasteiger partial charge in [-0.2, -0.15) is 5.21 Å². The van der Waals surface area contributed by atoms with Gasteiger partial charge in [0.2, 0.25) is 5.82 Å². The van der Waals surface area contributed by atoms with Crippen molar-refractivity contribution in [1.29, 1.82) is 0 Å². The quantitative estimate of drug-likeness (QED) is 0.407. The maximum atomic E-state index is 13.3. The number of tetrazole rings is 1. The zero-order chi connectivity index (χ0) is 25.1. The number of hydrogen-bond donors (Lipinski definition) is 1. The lowest BCUT2D eigenvalue weighted by molar-refractivity contribution is 0.0846. The van der Waals surface area contributed by atoms with Crippen LogP contribution in [0.1, 0.15) is 74.5 Å². The predicted molar refractivity (Wildman–Crippen MR) is 137 cm³/mol. The van der Waals surface area contributed by atoms with Crippen molar-refractivity contribution in [3.05, 3.63) is 70.4 Å². The number of rotatable bonds is 7. The van der Waals surface area contributed by atoms with Crippen LogP contribution >= 0.6 is 0 Å². The highest BCUT2D eigenvalue weighted by molar-refractivity contribution is 5.80. The molecule has 4 aromatic rings. The van der Waals surface area contributed by atoms with Crippen LogP contribution in [0.3, 0.4) is 0 Å². The molecule has 1 saturated carbocycles. The first-order valence-corrected chi connectivity index (χ1v) is 12.7. The maximum Gasteiger partial charge on any atom is 0.353 e. The van der Waals surface area contributed by atoms with Crippen LogP contribution in [0.4, 0.5) is 0 Å². The number of aromatic nitrogens is 7. The standard InChI is InChI=1S/C27H31N7O2/c1-18(2)26-30-34(24(35)16-19-8-4-3-5-9-19)27(36)33(26)17-20-12-14-21(15-13-20)22-10-6-7-11-23(22)25-28-31-32-29-25/h6-7,10-15,18-19H,3-5,8-9,16-17H2,1-2H3,(H,28,29,31,32). The minimum atomic E-state index is -0.356. The summed E-state index contributed by atoms with van der Waals surface area (Å²) in [6, 6.07) is 15.9. The fourth-order valence-corrected chi connectivity index (χ4v) is 5.05. The van der Waals surface area contributed by atoms with E-state index < -0.39 is 0 Å². The van der Waals surface area contributed by atoms with E-state index in [2.05, 4.69) is 25.7 Å². The summed E-state index contributed by atoms with van der Waals surface area (Å²) in [7, 11) is 0. The summed E-state index contributed by atoms with van der Waals surface area (Å²) >= 11 is 0. The predicted octanol–water partition coefficient (Wildman–Crippen LogP) is 4.67. The Morgan fingerprint density at radius 3 is 2.42 bits per heavy atom. The topological polar surface area (TPSA) is 111 Å². The Kier molecular flexibility index (Phi) is 6.88. The van der Waals surface area contributed by atoms with Crippen molar-refractivity contribution in [3.63, 3.8) is 0 Å². The highest BCUT2D eigenvalue weighted by Gasteiger charge is 2.24. The molecule has 9 heteroatoms. The minimum absolute atomic E-state index is 0.0162. The van der Waals surface area contributed by atoms with Crippen molar-refractivity contribution in [2.45, 2.75) is 64.8 Å². The fourth-order valence-electron chi connectivity index (χ4n) is 5.05. The van der Waals surface area contributed by atoms with E-state index in [0.717, 1.165) is 52.6 Å². The molecular formula is C27H31N7O2. The smallest absolute Gasteiger partial charge is 0.274 e. The van der Waals surface area contributed by atoms with Gasteiger partial charge in [-0.25, -0.2) is 4.79 Å². The summed E-state index contributed by atoms with van der Waals surface area (Å²) in [4.78, 5) is 26.2. The van der Waals surface area contributed by atoms with Gasteiger partial charge < -0.3 is 0 Å². The van der Waals surface area contributed by atoms with E-state index in [1.807, 2.05) is 62.4 Å². The minimum Gasteiger partial charge on any atom is -0.274 e. The fraction of sp³-hybridized carbons (Fsp3) is 0.407. The molecule has 2 heterocycles. The van der Waals surface area contributed by atoms with Gasteiger partial charge in [0.05, 0.1) is 6.54 Å². The van der Waals surface area contributed by atoms with Crippen LogP contribution in [0.15, 0.2) is 53.3 Å². The van der Waals surface area contributed by atoms with Gasteiger partial charge in [0.25, 0.3) is 5.91 Å². The number of H-pyrrole nitrogens is 1. The molecule has 9 nitrogen and oxygen atoms in total.